The zero-order valence-electron chi connectivity index (χ0n) is 10.5. The first-order valence-electron chi connectivity index (χ1n) is 5.95. The van der Waals surface area contributed by atoms with Crippen LogP contribution in [0, 0.1) is 5.82 Å². The summed E-state index contributed by atoms with van der Waals surface area (Å²) < 4.78 is 23.5. The van der Waals surface area contributed by atoms with Gasteiger partial charge >= 0.3 is 5.97 Å². The Morgan fingerprint density at radius 1 is 1.50 bits per heavy atom. The third kappa shape index (κ3) is 2.02. The highest BCUT2D eigenvalue weighted by Gasteiger charge is 2.57. The van der Waals surface area contributed by atoms with E-state index in [-0.39, 0.29) is 17.7 Å². The van der Waals surface area contributed by atoms with Gasteiger partial charge < -0.3 is 9.26 Å². The number of aromatic nitrogens is 2. The third-order valence-electron chi connectivity index (χ3n) is 3.33. The number of esters is 1. The van der Waals surface area contributed by atoms with E-state index in [2.05, 4.69) is 26.1 Å². The largest absolute Gasteiger partial charge is 0.468 e. The van der Waals surface area contributed by atoms with E-state index in [1.807, 2.05) is 0 Å². The van der Waals surface area contributed by atoms with E-state index >= 15 is 0 Å². The minimum atomic E-state index is -0.799. The fourth-order valence-electron chi connectivity index (χ4n) is 2.02. The number of benzene rings is 1. The minimum absolute atomic E-state index is 0.246. The Labute approximate surface area is 122 Å². The van der Waals surface area contributed by atoms with Gasteiger partial charge in [0.05, 0.1) is 7.11 Å². The molecule has 7 heteroatoms. The van der Waals surface area contributed by atoms with Crippen LogP contribution in [0.25, 0.3) is 11.4 Å². The number of hydrogen-bond donors (Lipinski definition) is 0. The van der Waals surface area contributed by atoms with Gasteiger partial charge in [0.2, 0.25) is 11.7 Å². The van der Waals surface area contributed by atoms with Crippen molar-refractivity contribution in [1.82, 2.24) is 10.1 Å². The summed E-state index contributed by atoms with van der Waals surface area (Å²) in [4.78, 5) is 16.0. The molecule has 104 valence electrons. The molecule has 1 saturated carbocycles. The fraction of sp³-hybridized carbons (Fsp3) is 0.308. The lowest BCUT2D eigenvalue weighted by Gasteiger charge is -2.05. The molecule has 1 aliphatic rings. The molecule has 0 amide bonds. The molecule has 20 heavy (non-hydrogen) atoms. The third-order valence-corrected chi connectivity index (χ3v) is 3.99. The maximum atomic E-state index is 13.1. The zero-order valence-corrected chi connectivity index (χ0v) is 12.1. The molecule has 1 fully saturated rings. The normalized spacial score (nSPS) is 15.9. The highest BCUT2D eigenvalue weighted by atomic mass is 79.9. The van der Waals surface area contributed by atoms with Crippen LogP contribution in [0.5, 0.6) is 0 Å². The van der Waals surface area contributed by atoms with Gasteiger partial charge in [-0.05, 0) is 47.0 Å². The molecule has 0 saturated heterocycles. The molecule has 1 heterocycles. The SMILES string of the molecule is COC(=O)C1(c2nc(-c3ccc(F)cc3Br)no2)CC1. The summed E-state index contributed by atoms with van der Waals surface area (Å²) >= 11 is 3.25. The Kier molecular flexibility index (Phi) is 3.08. The number of rotatable bonds is 3. The molecule has 2 aromatic rings. The van der Waals surface area contributed by atoms with Crippen LogP contribution in [0.1, 0.15) is 18.7 Å². The summed E-state index contributed by atoms with van der Waals surface area (Å²) in [5.74, 6) is -0.180. The van der Waals surface area contributed by atoms with Crippen LogP contribution in [0.4, 0.5) is 4.39 Å². The number of carbonyl (C=O) groups is 1. The first-order valence-corrected chi connectivity index (χ1v) is 6.74. The number of hydrogen-bond acceptors (Lipinski definition) is 5. The van der Waals surface area contributed by atoms with Crippen LogP contribution >= 0.6 is 15.9 Å². The summed E-state index contributed by atoms with van der Waals surface area (Å²) in [6, 6.07) is 4.17. The van der Waals surface area contributed by atoms with Crippen LogP contribution in [0.2, 0.25) is 0 Å². The summed E-state index contributed by atoms with van der Waals surface area (Å²) in [7, 11) is 1.33. The summed E-state index contributed by atoms with van der Waals surface area (Å²) in [5, 5.41) is 3.85. The summed E-state index contributed by atoms with van der Waals surface area (Å²) in [5.41, 5.74) is -0.200. The molecular formula is C13H10BrFN2O3. The molecular weight excluding hydrogens is 331 g/mol. The van der Waals surface area contributed by atoms with Gasteiger partial charge in [0.1, 0.15) is 11.2 Å². The standard InChI is InChI=1S/C13H10BrFN2O3/c1-19-12(18)13(4-5-13)11-16-10(17-20-11)8-3-2-7(15)6-9(8)14/h2-3,6H,4-5H2,1H3. The Balaban J connectivity index is 1.97. The lowest BCUT2D eigenvalue weighted by molar-refractivity contribution is -0.144. The predicted molar refractivity (Wildman–Crippen MR) is 70.3 cm³/mol. The topological polar surface area (TPSA) is 65.2 Å². The van der Waals surface area contributed by atoms with Crippen molar-refractivity contribution in [3.8, 4) is 11.4 Å². The lowest BCUT2D eigenvalue weighted by atomic mass is 10.1. The maximum Gasteiger partial charge on any atom is 0.321 e. The van der Waals surface area contributed by atoms with E-state index in [0.717, 1.165) is 0 Å². The molecule has 0 aliphatic heterocycles. The van der Waals surface area contributed by atoms with Crippen LogP contribution in [-0.4, -0.2) is 23.2 Å². The number of halogens is 2. The van der Waals surface area contributed by atoms with Crippen molar-refractivity contribution in [2.24, 2.45) is 0 Å². The predicted octanol–water partition coefficient (Wildman–Crippen LogP) is 2.84. The zero-order chi connectivity index (χ0) is 14.3. The molecule has 0 atom stereocenters. The Morgan fingerprint density at radius 3 is 2.85 bits per heavy atom. The van der Waals surface area contributed by atoms with Gasteiger partial charge in [-0.1, -0.05) is 5.16 Å². The van der Waals surface area contributed by atoms with Crippen molar-refractivity contribution in [3.05, 3.63) is 34.4 Å². The van der Waals surface area contributed by atoms with E-state index in [9.17, 15) is 9.18 Å². The summed E-state index contributed by atoms with van der Waals surface area (Å²) in [6.45, 7) is 0. The van der Waals surface area contributed by atoms with E-state index in [4.69, 9.17) is 9.26 Å². The second-order valence-electron chi connectivity index (χ2n) is 4.62. The number of carbonyl (C=O) groups excluding carboxylic acids is 1. The van der Waals surface area contributed by atoms with Crippen molar-refractivity contribution in [2.75, 3.05) is 7.11 Å². The molecule has 0 radical (unpaired) electrons. The second-order valence-corrected chi connectivity index (χ2v) is 5.48. The molecule has 5 nitrogen and oxygen atoms in total. The van der Waals surface area contributed by atoms with Crippen LogP contribution < -0.4 is 0 Å². The Morgan fingerprint density at radius 2 is 2.25 bits per heavy atom. The van der Waals surface area contributed by atoms with Crippen molar-refractivity contribution < 1.29 is 18.4 Å². The maximum absolute atomic E-state index is 13.1. The second kappa shape index (κ2) is 4.66. The van der Waals surface area contributed by atoms with Crippen LogP contribution in [0.15, 0.2) is 27.2 Å². The highest BCUT2D eigenvalue weighted by molar-refractivity contribution is 9.10. The average molecular weight is 341 g/mol. The van der Waals surface area contributed by atoms with Gasteiger partial charge in [0.25, 0.3) is 0 Å². The van der Waals surface area contributed by atoms with E-state index in [1.165, 1.54) is 19.2 Å². The van der Waals surface area contributed by atoms with E-state index in [1.54, 1.807) is 6.07 Å². The van der Waals surface area contributed by atoms with E-state index < -0.39 is 5.41 Å². The van der Waals surface area contributed by atoms with Crippen molar-refractivity contribution in [2.45, 2.75) is 18.3 Å². The van der Waals surface area contributed by atoms with Gasteiger partial charge in [-0.3, -0.25) is 4.79 Å². The monoisotopic (exact) mass is 340 g/mol. The number of nitrogens with zero attached hydrogens (tertiary/aromatic N) is 2. The molecule has 1 aromatic heterocycles. The first-order chi connectivity index (χ1) is 9.56. The van der Waals surface area contributed by atoms with Crippen LogP contribution in [0.3, 0.4) is 0 Å². The molecule has 0 unspecified atom stereocenters. The molecule has 0 bridgehead atoms. The lowest BCUT2D eigenvalue weighted by Crippen LogP contribution is -2.22. The number of ether oxygens (including phenoxy) is 1. The molecule has 3 rings (SSSR count). The van der Waals surface area contributed by atoms with Crippen molar-refractivity contribution >= 4 is 21.9 Å². The van der Waals surface area contributed by atoms with Crippen molar-refractivity contribution in [3.63, 3.8) is 0 Å². The van der Waals surface area contributed by atoms with Gasteiger partial charge in [-0.2, -0.15) is 4.98 Å². The molecule has 0 N–H and O–H groups in total. The molecule has 1 aliphatic carbocycles. The molecule has 0 spiro atoms. The smallest absolute Gasteiger partial charge is 0.321 e. The molecule has 1 aromatic carbocycles. The van der Waals surface area contributed by atoms with E-state index in [0.29, 0.717) is 28.7 Å². The van der Waals surface area contributed by atoms with Crippen molar-refractivity contribution in [1.29, 1.82) is 0 Å². The number of methoxy groups -OCH3 is 1. The highest BCUT2D eigenvalue weighted by Crippen LogP contribution is 2.48. The quantitative estimate of drug-likeness (QED) is 0.804. The minimum Gasteiger partial charge on any atom is -0.468 e. The van der Waals surface area contributed by atoms with Gasteiger partial charge in [-0.15, -0.1) is 0 Å². The first kappa shape index (κ1) is 13.2. The van der Waals surface area contributed by atoms with Gasteiger partial charge in [-0.25, -0.2) is 4.39 Å². The van der Waals surface area contributed by atoms with Gasteiger partial charge in [0.15, 0.2) is 0 Å². The Hall–Kier alpha value is -1.76. The average Bonchev–Trinajstić information content (AvgIpc) is 3.10. The van der Waals surface area contributed by atoms with Gasteiger partial charge in [0, 0.05) is 10.0 Å². The Bertz CT molecular complexity index is 682. The fourth-order valence-corrected chi connectivity index (χ4v) is 2.55. The van der Waals surface area contributed by atoms with Crippen LogP contribution in [-0.2, 0) is 14.9 Å². The summed E-state index contributed by atoms with van der Waals surface area (Å²) in [6.07, 6.45) is 1.26.